The van der Waals surface area contributed by atoms with Crippen molar-refractivity contribution in [3.8, 4) is 0 Å². The second-order valence-corrected chi connectivity index (χ2v) is 7.36. The predicted molar refractivity (Wildman–Crippen MR) is 109 cm³/mol. The number of amides is 2. The molecule has 3 rings (SSSR count). The van der Waals surface area contributed by atoms with Gasteiger partial charge in [0.1, 0.15) is 0 Å². The summed E-state index contributed by atoms with van der Waals surface area (Å²) in [7, 11) is 0. The van der Waals surface area contributed by atoms with Gasteiger partial charge in [0.15, 0.2) is 5.78 Å². The topological polar surface area (TPSA) is 78.4 Å². The number of rotatable bonds is 5. The summed E-state index contributed by atoms with van der Waals surface area (Å²) in [5.74, 6) is 0.317. The van der Waals surface area contributed by atoms with Gasteiger partial charge in [0.05, 0.1) is 0 Å². The van der Waals surface area contributed by atoms with Crippen molar-refractivity contribution < 1.29 is 9.59 Å². The van der Waals surface area contributed by atoms with E-state index in [1.54, 1.807) is 47.6 Å². The Balaban J connectivity index is 1.51. The fraction of sp³-hybridized carbons (Fsp3) is 0.400. The highest BCUT2D eigenvalue weighted by Gasteiger charge is 2.27. The highest BCUT2D eigenvalue weighted by molar-refractivity contribution is 6.30. The Morgan fingerprint density at radius 2 is 1.64 bits per heavy atom. The van der Waals surface area contributed by atoms with E-state index in [4.69, 9.17) is 11.6 Å². The molecular formula is C20H24ClN5O2. The molecule has 28 heavy (non-hydrogen) atoms. The third kappa shape index (κ3) is 4.78. The Morgan fingerprint density at radius 1 is 1.04 bits per heavy atom. The van der Waals surface area contributed by atoms with E-state index in [1.807, 2.05) is 13.8 Å². The Hall–Kier alpha value is -2.67. The van der Waals surface area contributed by atoms with Crippen LogP contribution in [0.2, 0.25) is 5.02 Å². The van der Waals surface area contributed by atoms with Crippen molar-refractivity contribution in [2.75, 3.05) is 31.1 Å². The SMILES string of the molecule is CC(NC(=O)N1CCN(c2ncccn2)CC1)C(C)C(=O)c1ccc(Cl)cc1. The number of piperazine rings is 1. The number of halogens is 1. The molecule has 2 aromatic rings. The Labute approximate surface area is 169 Å². The van der Waals surface area contributed by atoms with Crippen LogP contribution < -0.4 is 10.2 Å². The minimum Gasteiger partial charge on any atom is -0.337 e. The molecule has 2 unspecified atom stereocenters. The number of benzene rings is 1. The molecule has 1 saturated heterocycles. The number of carbonyl (C=O) groups is 2. The van der Waals surface area contributed by atoms with Gasteiger partial charge in [0, 0.05) is 61.1 Å². The molecule has 0 spiro atoms. The van der Waals surface area contributed by atoms with Gasteiger partial charge < -0.3 is 15.1 Å². The van der Waals surface area contributed by atoms with Gasteiger partial charge in [-0.05, 0) is 37.3 Å². The average Bonchev–Trinajstić information content (AvgIpc) is 2.74. The summed E-state index contributed by atoms with van der Waals surface area (Å²) in [5, 5.41) is 3.54. The van der Waals surface area contributed by atoms with Crippen LogP contribution in [0.4, 0.5) is 10.7 Å². The first kappa shape index (κ1) is 20.1. The molecule has 1 N–H and O–H groups in total. The smallest absolute Gasteiger partial charge is 0.317 e. The summed E-state index contributed by atoms with van der Waals surface area (Å²) in [6, 6.07) is 8.15. The number of hydrogen-bond acceptors (Lipinski definition) is 5. The van der Waals surface area contributed by atoms with Crippen molar-refractivity contribution in [1.82, 2.24) is 20.2 Å². The molecule has 0 radical (unpaired) electrons. The van der Waals surface area contributed by atoms with E-state index in [0.717, 1.165) is 0 Å². The summed E-state index contributed by atoms with van der Waals surface area (Å²) in [6.07, 6.45) is 3.42. The summed E-state index contributed by atoms with van der Waals surface area (Å²) in [4.78, 5) is 37.5. The molecule has 7 nitrogen and oxygen atoms in total. The molecule has 1 aliphatic heterocycles. The predicted octanol–water partition coefficient (Wildman–Crippen LogP) is 2.87. The maximum absolute atomic E-state index is 12.6. The highest BCUT2D eigenvalue weighted by Crippen LogP contribution is 2.16. The lowest BCUT2D eigenvalue weighted by Crippen LogP contribution is -2.54. The zero-order valence-electron chi connectivity index (χ0n) is 16.0. The molecule has 0 saturated carbocycles. The number of ketones is 1. The molecule has 8 heteroatoms. The maximum Gasteiger partial charge on any atom is 0.317 e. The first-order chi connectivity index (χ1) is 13.5. The summed E-state index contributed by atoms with van der Waals surface area (Å²) >= 11 is 5.88. The third-order valence-corrected chi connectivity index (χ3v) is 5.30. The summed E-state index contributed by atoms with van der Waals surface area (Å²) in [6.45, 7) is 6.18. The van der Waals surface area contributed by atoms with E-state index in [9.17, 15) is 9.59 Å². The van der Waals surface area contributed by atoms with Crippen LogP contribution in [0.25, 0.3) is 0 Å². The molecule has 1 aromatic heterocycles. The zero-order valence-corrected chi connectivity index (χ0v) is 16.8. The summed E-state index contributed by atoms with van der Waals surface area (Å²) in [5.41, 5.74) is 0.592. The molecule has 1 aliphatic rings. The fourth-order valence-electron chi connectivity index (χ4n) is 3.08. The maximum atomic E-state index is 12.6. The second-order valence-electron chi connectivity index (χ2n) is 6.92. The first-order valence-corrected chi connectivity index (χ1v) is 9.70. The van der Waals surface area contributed by atoms with Gasteiger partial charge in [0.25, 0.3) is 0 Å². The second kappa shape index (κ2) is 9.01. The minimum absolute atomic E-state index is 0.0180. The molecule has 0 bridgehead atoms. The van der Waals surface area contributed by atoms with E-state index < -0.39 is 0 Å². The van der Waals surface area contributed by atoms with Crippen molar-refractivity contribution in [3.05, 3.63) is 53.3 Å². The molecule has 2 atom stereocenters. The fourth-order valence-corrected chi connectivity index (χ4v) is 3.21. The molecule has 2 heterocycles. The van der Waals surface area contributed by atoms with Gasteiger partial charge in [-0.2, -0.15) is 0 Å². The van der Waals surface area contributed by atoms with Crippen molar-refractivity contribution in [2.45, 2.75) is 19.9 Å². The quantitative estimate of drug-likeness (QED) is 0.779. The van der Waals surface area contributed by atoms with Gasteiger partial charge in [-0.1, -0.05) is 18.5 Å². The van der Waals surface area contributed by atoms with Crippen molar-refractivity contribution in [2.24, 2.45) is 5.92 Å². The van der Waals surface area contributed by atoms with Crippen LogP contribution in [-0.4, -0.2) is 58.9 Å². The first-order valence-electron chi connectivity index (χ1n) is 9.33. The zero-order chi connectivity index (χ0) is 20.1. The van der Waals surface area contributed by atoms with Crippen LogP contribution in [0.3, 0.4) is 0 Å². The van der Waals surface area contributed by atoms with Crippen LogP contribution in [0.5, 0.6) is 0 Å². The lowest BCUT2D eigenvalue weighted by atomic mass is 9.93. The van der Waals surface area contributed by atoms with Gasteiger partial charge >= 0.3 is 6.03 Å². The molecule has 148 valence electrons. The van der Waals surface area contributed by atoms with Crippen molar-refractivity contribution in [3.63, 3.8) is 0 Å². The third-order valence-electron chi connectivity index (χ3n) is 5.05. The number of hydrogen-bond donors (Lipinski definition) is 1. The number of nitrogens with one attached hydrogen (secondary N) is 1. The van der Waals surface area contributed by atoms with Crippen LogP contribution in [0, 0.1) is 5.92 Å². The Kier molecular flexibility index (Phi) is 6.46. The Bertz CT molecular complexity index is 807. The molecule has 1 aromatic carbocycles. The standard InChI is InChI=1S/C20H24ClN5O2/c1-14(18(27)16-4-6-17(21)7-5-16)15(2)24-20(28)26-12-10-25(11-13-26)19-22-8-3-9-23-19/h3-9,14-15H,10-13H2,1-2H3,(H,24,28). The monoisotopic (exact) mass is 401 g/mol. The minimum atomic E-state index is -0.343. The lowest BCUT2D eigenvalue weighted by Gasteiger charge is -2.35. The number of carbonyl (C=O) groups excluding carboxylic acids is 2. The van der Waals surface area contributed by atoms with Crippen LogP contribution in [0.15, 0.2) is 42.7 Å². The van der Waals surface area contributed by atoms with Crippen molar-refractivity contribution in [1.29, 1.82) is 0 Å². The van der Waals surface area contributed by atoms with E-state index in [0.29, 0.717) is 42.7 Å². The van der Waals surface area contributed by atoms with E-state index >= 15 is 0 Å². The number of aromatic nitrogens is 2. The summed E-state index contributed by atoms with van der Waals surface area (Å²) < 4.78 is 0. The van der Waals surface area contributed by atoms with E-state index in [1.165, 1.54) is 0 Å². The molecule has 0 aliphatic carbocycles. The lowest BCUT2D eigenvalue weighted by molar-refractivity contribution is 0.0907. The van der Waals surface area contributed by atoms with E-state index in [2.05, 4.69) is 20.2 Å². The van der Waals surface area contributed by atoms with Crippen LogP contribution in [-0.2, 0) is 0 Å². The number of urea groups is 1. The number of anilines is 1. The largest absolute Gasteiger partial charge is 0.337 e. The van der Waals surface area contributed by atoms with Gasteiger partial charge in [-0.3, -0.25) is 4.79 Å². The number of nitrogens with zero attached hydrogens (tertiary/aromatic N) is 4. The molecular weight excluding hydrogens is 378 g/mol. The average molecular weight is 402 g/mol. The molecule has 2 amide bonds. The van der Waals surface area contributed by atoms with Gasteiger partial charge in [-0.15, -0.1) is 0 Å². The van der Waals surface area contributed by atoms with Crippen LogP contribution in [0.1, 0.15) is 24.2 Å². The van der Waals surface area contributed by atoms with Gasteiger partial charge in [0.2, 0.25) is 5.95 Å². The van der Waals surface area contributed by atoms with Gasteiger partial charge in [-0.25, -0.2) is 14.8 Å². The highest BCUT2D eigenvalue weighted by atomic mass is 35.5. The van der Waals surface area contributed by atoms with Crippen molar-refractivity contribution >= 4 is 29.4 Å². The Morgan fingerprint density at radius 3 is 2.25 bits per heavy atom. The van der Waals surface area contributed by atoms with E-state index in [-0.39, 0.29) is 23.8 Å². The number of Topliss-reactive ketones (excluding diaryl/α,β-unsaturated/α-hetero) is 1. The van der Waals surface area contributed by atoms with Crippen LogP contribution >= 0.6 is 11.6 Å². The normalized spacial score (nSPS) is 16.4. The molecule has 1 fully saturated rings.